The molecule has 1 aromatic carbocycles. The van der Waals surface area contributed by atoms with Crippen LogP contribution in [0.3, 0.4) is 0 Å². The van der Waals surface area contributed by atoms with Crippen molar-refractivity contribution < 1.29 is 19.2 Å². The molecule has 0 fully saturated rings. The van der Waals surface area contributed by atoms with Crippen molar-refractivity contribution in [1.29, 1.82) is 0 Å². The summed E-state index contributed by atoms with van der Waals surface area (Å²) in [6.07, 6.45) is 6.46. The third-order valence-corrected chi connectivity index (χ3v) is 6.51. The summed E-state index contributed by atoms with van der Waals surface area (Å²) < 4.78 is 13.6. The average molecular weight is 497 g/mol. The lowest BCUT2D eigenvalue weighted by Crippen LogP contribution is -2.07. The minimum Gasteiger partial charge on any atom is -0.493 e. The molecule has 4 heterocycles. The van der Waals surface area contributed by atoms with Crippen molar-refractivity contribution in [2.24, 2.45) is 0 Å². The average Bonchev–Trinajstić information content (AvgIpc) is 3.46. The molecule has 0 saturated carbocycles. The van der Waals surface area contributed by atoms with Crippen molar-refractivity contribution >= 4 is 17.0 Å². The largest absolute Gasteiger partial charge is 0.493 e. The second-order valence-electron chi connectivity index (χ2n) is 9.04. The molecule has 0 unspecified atom stereocenters. The maximum atomic E-state index is 11.7. The second kappa shape index (κ2) is 9.89. The lowest BCUT2D eigenvalue weighted by molar-refractivity contribution is 0.0696. The van der Waals surface area contributed by atoms with Gasteiger partial charge in [-0.3, -0.25) is 4.98 Å². The van der Waals surface area contributed by atoms with E-state index in [0.29, 0.717) is 12.4 Å². The van der Waals surface area contributed by atoms with Crippen LogP contribution in [0.1, 0.15) is 53.8 Å². The molecule has 0 saturated heterocycles. The van der Waals surface area contributed by atoms with Gasteiger partial charge in [-0.25, -0.2) is 9.78 Å². The van der Waals surface area contributed by atoms with Crippen LogP contribution in [0.2, 0.25) is 0 Å². The molecule has 1 atom stereocenters. The molecule has 1 N–H and O–H groups in total. The normalized spacial score (nSPS) is 12.1. The predicted molar refractivity (Wildman–Crippen MR) is 141 cm³/mol. The number of aromatic nitrogens is 4. The summed E-state index contributed by atoms with van der Waals surface area (Å²) in [5.74, 6) is 0.245. The number of pyridine rings is 2. The van der Waals surface area contributed by atoms with E-state index in [1.807, 2.05) is 57.4 Å². The lowest BCUT2D eigenvalue weighted by atomic mass is 10.00. The van der Waals surface area contributed by atoms with Crippen molar-refractivity contribution in [3.05, 3.63) is 83.8 Å². The molecule has 37 heavy (non-hydrogen) atoms. The van der Waals surface area contributed by atoms with E-state index in [1.54, 1.807) is 18.3 Å². The van der Waals surface area contributed by atoms with Gasteiger partial charge >= 0.3 is 5.97 Å². The quantitative estimate of drug-likeness (QED) is 0.263. The highest BCUT2D eigenvalue weighted by atomic mass is 16.5. The van der Waals surface area contributed by atoms with Crippen LogP contribution in [0, 0.1) is 13.8 Å². The van der Waals surface area contributed by atoms with Crippen molar-refractivity contribution in [2.45, 2.75) is 40.2 Å². The monoisotopic (exact) mass is 496 g/mol. The summed E-state index contributed by atoms with van der Waals surface area (Å²) in [6, 6.07) is 12.8. The number of fused-ring (bicyclic) bond motifs is 1. The molecular weight excluding hydrogens is 468 g/mol. The van der Waals surface area contributed by atoms with Gasteiger partial charge in [-0.1, -0.05) is 18.1 Å². The van der Waals surface area contributed by atoms with Gasteiger partial charge < -0.3 is 18.9 Å². The van der Waals surface area contributed by atoms with E-state index in [2.05, 4.69) is 27.7 Å². The van der Waals surface area contributed by atoms with E-state index in [9.17, 15) is 9.90 Å². The number of hydrogen-bond acceptors (Lipinski definition) is 6. The molecule has 5 aromatic rings. The second-order valence-corrected chi connectivity index (χ2v) is 9.04. The number of rotatable bonds is 8. The number of hydrogen-bond donors (Lipinski definition) is 1. The molecule has 8 nitrogen and oxygen atoms in total. The molecule has 0 spiro atoms. The number of nitrogens with zero attached hydrogens (tertiary/aromatic N) is 4. The van der Waals surface area contributed by atoms with E-state index < -0.39 is 5.97 Å². The zero-order valence-corrected chi connectivity index (χ0v) is 21.2. The first-order chi connectivity index (χ1) is 17.9. The van der Waals surface area contributed by atoms with Crippen LogP contribution in [0.4, 0.5) is 0 Å². The first-order valence-electron chi connectivity index (χ1n) is 12.2. The summed E-state index contributed by atoms with van der Waals surface area (Å²) in [7, 11) is 0. The smallest absolute Gasteiger partial charge is 0.335 e. The number of carbonyl (C=O) groups is 1. The Morgan fingerprint density at radius 3 is 2.65 bits per heavy atom. The predicted octanol–water partition coefficient (Wildman–Crippen LogP) is 6.47. The van der Waals surface area contributed by atoms with E-state index in [1.165, 1.54) is 0 Å². The first-order valence-corrected chi connectivity index (χ1v) is 12.2. The molecule has 0 aliphatic carbocycles. The van der Waals surface area contributed by atoms with Gasteiger partial charge in [0.15, 0.2) is 0 Å². The fourth-order valence-electron chi connectivity index (χ4n) is 4.65. The SMILES string of the molecule is CCCOc1cc(C(=O)O)ccc1-c1cn([C@@H](C)c2ccccn2)c2ncc(-c3c(C)noc3C)cc12. The van der Waals surface area contributed by atoms with Gasteiger partial charge in [-0.15, -0.1) is 0 Å². The Kier molecular flexibility index (Phi) is 6.48. The molecular formula is C29H28N4O4. The molecule has 0 aliphatic rings. The number of aromatic carboxylic acids is 1. The van der Waals surface area contributed by atoms with Crippen molar-refractivity contribution in [1.82, 2.24) is 19.7 Å². The maximum Gasteiger partial charge on any atom is 0.335 e. The Hall–Kier alpha value is -4.46. The van der Waals surface area contributed by atoms with Gasteiger partial charge in [0.25, 0.3) is 0 Å². The highest BCUT2D eigenvalue weighted by molar-refractivity contribution is 5.99. The molecule has 0 amide bonds. The molecule has 8 heteroatoms. The zero-order chi connectivity index (χ0) is 26.1. The third kappa shape index (κ3) is 4.46. The van der Waals surface area contributed by atoms with Crippen LogP contribution in [-0.2, 0) is 0 Å². The Labute approximate surface area is 214 Å². The summed E-state index contributed by atoms with van der Waals surface area (Å²) in [4.78, 5) is 21.1. The number of ether oxygens (including phenoxy) is 1. The van der Waals surface area contributed by atoms with Gasteiger partial charge in [0.2, 0.25) is 0 Å². The Bertz CT molecular complexity index is 1570. The van der Waals surface area contributed by atoms with Crippen molar-refractivity contribution in [3.63, 3.8) is 0 Å². The molecule has 0 radical (unpaired) electrons. The van der Waals surface area contributed by atoms with Gasteiger partial charge in [0, 0.05) is 46.2 Å². The van der Waals surface area contributed by atoms with Crippen LogP contribution in [0.15, 0.2) is 65.6 Å². The minimum atomic E-state index is -0.999. The van der Waals surface area contributed by atoms with Gasteiger partial charge in [0.05, 0.1) is 29.6 Å². The molecule has 4 aromatic heterocycles. The third-order valence-electron chi connectivity index (χ3n) is 6.51. The van der Waals surface area contributed by atoms with E-state index in [4.69, 9.17) is 14.2 Å². The van der Waals surface area contributed by atoms with E-state index in [0.717, 1.165) is 56.9 Å². The van der Waals surface area contributed by atoms with Crippen LogP contribution in [0.25, 0.3) is 33.3 Å². The topological polar surface area (TPSA) is 103 Å². The van der Waals surface area contributed by atoms with Crippen LogP contribution in [-0.4, -0.2) is 37.4 Å². The van der Waals surface area contributed by atoms with Gasteiger partial charge in [-0.05, 0) is 63.6 Å². The van der Waals surface area contributed by atoms with Crippen LogP contribution >= 0.6 is 0 Å². The molecule has 188 valence electrons. The molecule has 5 rings (SSSR count). The maximum absolute atomic E-state index is 11.7. The standard InChI is InChI=1S/C29H28N4O4/c1-5-12-36-26-14-20(29(34)35)9-10-22(26)24-16-33(18(3)25-8-6-7-11-30-25)28-23(24)13-21(15-31-28)27-17(2)32-37-19(27)4/h6-11,13-16,18H,5,12H2,1-4H3,(H,34,35)/t18-/m0/s1. The van der Waals surface area contributed by atoms with E-state index in [-0.39, 0.29) is 11.6 Å². The first kappa shape index (κ1) is 24.2. The molecule has 0 aliphatic heterocycles. The van der Waals surface area contributed by atoms with Crippen molar-refractivity contribution in [2.75, 3.05) is 6.61 Å². The lowest BCUT2D eigenvalue weighted by Gasteiger charge is -2.14. The van der Waals surface area contributed by atoms with Gasteiger partial charge in [-0.2, -0.15) is 0 Å². The summed E-state index contributed by atoms with van der Waals surface area (Å²) in [5.41, 5.74) is 6.16. The summed E-state index contributed by atoms with van der Waals surface area (Å²) >= 11 is 0. The van der Waals surface area contributed by atoms with Crippen molar-refractivity contribution in [3.8, 4) is 28.0 Å². The fraction of sp³-hybridized carbons (Fsp3) is 0.241. The van der Waals surface area contributed by atoms with Gasteiger partial charge in [0.1, 0.15) is 17.2 Å². The number of carboxylic acids is 1. The van der Waals surface area contributed by atoms with Crippen LogP contribution < -0.4 is 4.74 Å². The fourth-order valence-corrected chi connectivity index (χ4v) is 4.65. The Balaban J connectivity index is 1.76. The summed E-state index contributed by atoms with van der Waals surface area (Å²) in [6.45, 7) is 8.36. The van der Waals surface area contributed by atoms with Crippen LogP contribution in [0.5, 0.6) is 5.75 Å². The minimum absolute atomic E-state index is 0.0897. The zero-order valence-electron chi connectivity index (χ0n) is 21.2. The number of aryl methyl sites for hydroxylation is 2. The summed E-state index contributed by atoms with van der Waals surface area (Å²) in [5, 5.41) is 14.6. The number of benzene rings is 1. The molecule has 0 bridgehead atoms. The highest BCUT2D eigenvalue weighted by Gasteiger charge is 2.22. The highest BCUT2D eigenvalue weighted by Crippen LogP contribution is 2.40. The Morgan fingerprint density at radius 1 is 1.14 bits per heavy atom. The Morgan fingerprint density at radius 2 is 1.97 bits per heavy atom. The van der Waals surface area contributed by atoms with E-state index >= 15 is 0 Å². The number of carboxylic acid groups (broad SMARTS) is 1.